The number of benzene rings is 2. The van der Waals surface area contributed by atoms with Crippen molar-refractivity contribution in [1.82, 2.24) is 14.6 Å². The van der Waals surface area contributed by atoms with Crippen LogP contribution in [0.5, 0.6) is 0 Å². The summed E-state index contributed by atoms with van der Waals surface area (Å²) in [5, 5.41) is 15.9. The molecule has 2 heterocycles. The van der Waals surface area contributed by atoms with Gasteiger partial charge >= 0.3 is 0 Å². The molecule has 3 N–H and O–H groups in total. The van der Waals surface area contributed by atoms with Gasteiger partial charge in [-0.3, -0.25) is 4.79 Å². The van der Waals surface area contributed by atoms with Crippen LogP contribution >= 0.6 is 0 Å². The number of rotatable bonds is 5. The summed E-state index contributed by atoms with van der Waals surface area (Å²) in [7, 11) is 1.82. The fourth-order valence-electron chi connectivity index (χ4n) is 3.00. The number of carbonyl (C=O) groups is 1. The van der Waals surface area contributed by atoms with Gasteiger partial charge in [0.05, 0.1) is 6.20 Å². The van der Waals surface area contributed by atoms with E-state index in [9.17, 15) is 4.79 Å². The molecular weight excluding hydrogens is 340 g/mol. The standard InChI is InChI=1S/C20H20N6O/c1-3-19(27)24-16-12-22-26-18(21-2)11-17(25-20(16)26)23-15-10-6-8-13-7-4-5-9-14(13)15/h4-12,21H,3H2,1-2H3,(H,23,25)(H,24,27). The van der Waals surface area contributed by atoms with E-state index in [1.807, 2.05) is 37.4 Å². The van der Waals surface area contributed by atoms with Gasteiger partial charge < -0.3 is 16.0 Å². The van der Waals surface area contributed by atoms with Crippen LogP contribution in [0.1, 0.15) is 13.3 Å². The van der Waals surface area contributed by atoms with Crippen molar-refractivity contribution in [2.75, 3.05) is 23.0 Å². The molecule has 7 heteroatoms. The predicted molar refractivity (Wildman–Crippen MR) is 109 cm³/mol. The molecule has 0 bridgehead atoms. The summed E-state index contributed by atoms with van der Waals surface area (Å²) in [4.78, 5) is 16.5. The predicted octanol–water partition coefficient (Wildman–Crippen LogP) is 4.02. The molecule has 4 aromatic rings. The number of anilines is 4. The van der Waals surface area contributed by atoms with Crippen LogP contribution in [0, 0.1) is 0 Å². The number of carbonyl (C=O) groups excluding carboxylic acids is 1. The smallest absolute Gasteiger partial charge is 0.224 e. The molecule has 7 nitrogen and oxygen atoms in total. The zero-order valence-electron chi connectivity index (χ0n) is 15.2. The van der Waals surface area contributed by atoms with Crippen molar-refractivity contribution < 1.29 is 4.79 Å². The van der Waals surface area contributed by atoms with Crippen LogP contribution in [0.15, 0.2) is 54.7 Å². The third-order valence-electron chi connectivity index (χ3n) is 4.38. The Labute approximate surface area is 156 Å². The summed E-state index contributed by atoms with van der Waals surface area (Å²) in [6, 6.07) is 16.2. The van der Waals surface area contributed by atoms with E-state index in [1.54, 1.807) is 17.6 Å². The van der Waals surface area contributed by atoms with Gasteiger partial charge in [-0.15, -0.1) is 0 Å². The van der Waals surface area contributed by atoms with E-state index in [4.69, 9.17) is 0 Å². The van der Waals surface area contributed by atoms with Crippen molar-refractivity contribution in [2.24, 2.45) is 0 Å². The molecule has 0 spiro atoms. The molecule has 136 valence electrons. The number of amides is 1. The first-order valence-corrected chi connectivity index (χ1v) is 8.80. The molecular formula is C20H20N6O. The highest BCUT2D eigenvalue weighted by Gasteiger charge is 2.13. The van der Waals surface area contributed by atoms with Gasteiger partial charge in [0.25, 0.3) is 0 Å². The third-order valence-corrected chi connectivity index (χ3v) is 4.38. The van der Waals surface area contributed by atoms with Gasteiger partial charge in [-0.25, -0.2) is 4.98 Å². The maximum absolute atomic E-state index is 11.8. The first-order chi connectivity index (χ1) is 13.2. The van der Waals surface area contributed by atoms with Crippen molar-refractivity contribution in [1.29, 1.82) is 0 Å². The molecule has 0 radical (unpaired) electrons. The van der Waals surface area contributed by atoms with Gasteiger partial charge in [0.2, 0.25) is 5.91 Å². The molecule has 27 heavy (non-hydrogen) atoms. The minimum atomic E-state index is -0.0786. The number of fused-ring (bicyclic) bond motifs is 2. The second-order valence-corrected chi connectivity index (χ2v) is 6.12. The molecule has 0 aliphatic carbocycles. The van der Waals surface area contributed by atoms with Gasteiger partial charge in [-0.05, 0) is 11.5 Å². The highest BCUT2D eigenvalue weighted by molar-refractivity contribution is 5.96. The van der Waals surface area contributed by atoms with Gasteiger partial charge in [0.1, 0.15) is 17.3 Å². The Morgan fingerprint density at radius 2 is 1.93 bits per heavy atom. The lowest BCUT2D eigenvalue weighted by Gasteiger charge is -2.12. The first-order valence-electron chi connectivity index (χ1n) is 8.80. The Kier molecular flexibility index (Phi) is 4.33. The molecule has 2 aromatic heterocycles. The lowest BCUT2D eigenvalue weighted by molar-refractivity contribution is -0.115. The van der Waals surface area contributed by atoms with E-state index in [1.165, 1.54) is 0 Å². The Hall–Kier alpha value is -3.61. The second kappa shape index (κ2) is 6.95. The average molecular weight is 360 g/mol. The van der Waals surface area contributed by atoms with Crippen LogP contribution in [0.25, 0.3) is 16.4 Å². The Balaban J connectivity index is 1.79. The third kappa shape index (κ3) is 3.15. The van der Waals surface area contributed by atoms with Crippen molar-refractivity contribution in [3.05, 3.63) is 54.7 Å². The maximum atomic E-state index is 11.8. The van der Waals surface area contributed by atoms with Crippen molar-refractivity contribution in [3.63, 3.8) is 0 Å². The van der Waals surface area contributed by atoms with Gasteiger partial charge in [0.15, 0.2) is 5.65 Å². The second-order valence-electron chi connectivity index (χ2n) is 6.12. The molecule has 0 saturated heterocycles. The number of nitrogens with zero attached hydrogens (tertiary/aromatic N) is 3. The largest absolute Gasteiger partial charge is 0.373 e. The summed E-state index contributed by atoms with van der Waals surface area (Å²) < 4.78 is 1.67. The molecule has 2 aromatic carbocycles. The van der Waals surface area contributed by atoms with Crippen molar-refractivity contribution in [2.45, 2.75) is 13.3 Å². The van der Waals surface area contributed by atoms with E-state index in [0.717, 1.165) is 22.3 Å². The number of hydrogen-bond donors (Lipinski definition) is 3. The minimum Gasteiger partial charge on any atom is -0.373 e. The van der Waals surface area contributed by atoms with Crippen molar-refractivity contribution >= 4 is 45.3 Å². The van der Waals surface area contributed by atoms with Crippen LogP contribution in [-0.4, -0.2) is 27.6 Å². The summed E-state index contributed by atoms with van der Waals surface area (Å²) in [5.41, 5.74) is 2.12. The van der Waals surface area contributed by atoms with E-state index < -0.39 is 0 Å². The average Bonchev–Trinajstić information content (AvgIpc) is 3.10. The number of hydrogen-bond acceptors (Lipinski definition) is 5. The topological polar surface area (TPSA) is 83.4 Å². The van der Waals surface area contributed by atoms with Crippen LogP contribution in [0.2, 0.25) is 0 Å². The highest BCUT2D eigenvalue weighted by Crippen LogP contribution is 2.28. The lowest BCUT2D eigenvalue weighted by atomic mass is 10.1. The fourth-order valence-corrected chi connectivity index (χ4v) is 3.00. The molecule has 0 unspecified atom stereocenters. The molecule has 0 fully saturated rings. The first kappa shape index (κ1) is 16.8. The molecule has 1 amide bonds. The fraction of sp³-hybridized carbons (Fsp3) is 0.150. The van der Waals surface area contributed by atoms with E-state index >= 15 is 0 Å². The number of aromatic nitrogens is 3. The molecule has 4 rings (SSSR count). The lowest BCUT2D eigenvalue weighted by Crippen LogP contribution is -2.10. The van der Waals surface area contributed by atoms with Crippen LogP contribution in [0.3, 0.4) is 0 Å². The zero-order valence-corrected chi connectivity index (χ0v) is 15.2. The van der Waals surface area contributed by atoms with Gasteiger partial charge in [0, 0.05) is 30.6 Å². The minimum absolute atomic E-state index is 0.0786. The quantitative estimate of drug-likeness (QED) is 0.501. The molecule has 0 aliphatic rings. The Morgan fingerprint density at radius 3 is 2.74 bits per heavy atom. The monoisotopic (exact) mass is 360 g/mol. The van der Waals surface area contributed by atoms with Crippen LogP contribution in [0.4, 0.5) is 23.0 Å². The number of nitrogens with one attached hydrogen (secondary N) is 3. The Bertz CT molecular complexity index is 1130. The SMILES string of the molecule is CCC(=O)Nc1cnn2c(NC)cc(Nc3cccc4ccccc34)nc12. The normalized spacial score (nSPS) is 10.9. The zero-order chi connectivity index (χ0) is 18.8. The van der Waals surface area contributed by atoms with Crippen LogP contribution < -0.4 is 16.0 Å². The summed E-state index contributed by atoms with van der Waals surface area (Å²) in [6.45, 7) is 1.81. The molecule has 0 aliphatic heterocycles. The highest BCUT2D eigenvalue weighted by atomic mass is 16.1. The van der Waals surface area contributed by atoms with Crippen molar-refractivity contribution in [3.8, 4) is 0 Å². The van der Waals surface area contributed by atoms with Crippen LogP contribution in [-0.2, 0) is 4.79 Å². The summed E-state index contributed by atoms with van der Waals surface area (Å²) in [6.07, 6.45) is 2.00. The van der Waals surface area contributed by atoms with E-state index in [0.29, 0.717) is 23.6 Å². The maximum Gasteiger partial charge on any atom is 0.224 e. The van der Waals surface area contributed by atoms with Gasteiger partial charge in [-0.1, -0.05) is 43.3 Å². The summed E-state index contributed by atoms with van der Waals surface area (Å²) >= 11 is 0. The molecule has 0 saturated carbocycles. The van der Waals surface area contributed by atoms with Gasteiger partial charge in [-0.2, -0.15) is 9.61 Å². The van der Waals surface area contributed by atoms with E-state index in [2.05, 4.69) is 44.2 Å². The molecule has 0 atom stereocenters. The van der Waals surface area contributed by atoms with E-state index in [-0.39, 0.29) is 5.91 Å². The summed E-state index contributed by atoms with van der Waals surface area (Å²) in [5.74, 6) is 1.35. The Morgan fingerprint density at radius 1 is 1.11 bits per heavy atom.